The first-order valence-corrected chi connectivity index (χ1v) is 11.2. The van der Waals surface area contributed by atoms with Crippen molar-refractivity contribution >= 4 is 40.2 Å². The number of rotatable bonds is 3. The van der Waals surface area contributed by atoms with E-state index in [-0.39, 0.29) is 58.5 Å². The van der Waals surface area contributed by atoms with Crippen molar-refractivity contribution in [2.24, 2.45) is 0 Å². The average molecular weight is 473 g/mol. The molecule has 1 aliphatic heterocycles. The largest absolute Gasteiger partial charge is 1.00 e. The van der Waals surface area contributed by atoms with Gasteiger partial charge in [-0.05, 0) is 86.0 Å². The molecule has 6 aromatic heterocycles. The Balaban J connectivity index is 0.000000359. The monoisotopic (exact) mass is 473 g/mol. The van der Waals surface area contributed by atoms with Gasteiger partial charge in [0.05, 0.1) is 0 Å². The molecule has 163 valence electrons. The van der Waals surface area contributed by atoms with Crippen LogP contribution in [0.4, 0.5) is 0 Å². The zero-order valence-corrected chi connectivity index (χ0v) is 22.3. The molecule has 6 aromatic rings. The Hall–Kier alpha value is -2.27. The molecule has 0 aromatic carbocycles. The van der Waals surface area contributed by atoms with Crippen LogP contribution in [0.3, 0.4) is 0 Å². The molecule has 0 N–H and O–H groups in total. The third kappa shape index (κ3) is 4.39. The molecule has 1 aliphatic rings. The van der Waals surface area contributed by atoms with Crippen molar-refractivity contribution in [1.29, 1.82) is 0 Å². The van der Waals surface area contributed by atoms with E-state index in [0.717, 1.165) is 46.3 Å². The second-order valence-corrected chi connectivity index (χ2v) is 8.08. The second-order valence-electron chi connectivity index (χ2n) is 8.08. The van der Waals surface area contributed by atoms with Gasteiger partial charge < -0.3 is 18.2 Å². The average Bonchev–Trinajstić information content (AvgIpc) is 3.68. The number of hydrogen-bond donors (Lipinski definition) is 0. The maximum absolute atomic E-state index is 4.94. The third-order valence-electron chi connectivity index (χ3n) is 6.00. The Kier molecular flexibility index (Phi) is 7.29. The third-order valence-corrected chi connectivity index (χ3v) is 6.00. The summed E-state index contributed by atoms with van der Waals surface area (Å²) in [5.41, 5.74) is 2.76. The standard InChI is InChI=1S/C21H15BN6.C4H8O.K/c1-4-16-7-13-26(19(16)23-10-1)22(27-14-8-17-5-2-11-24-20(17)27)28-15-9-18-6-3-12-25-21(18)28;1-2-4-5-3-1;/h1-15H;1-4H2;/q-1;;+1. The first-order chi connectivity index (χ1) is 16.4. The Morgan fingerprint density at radius 1 is 0.588 bits per heavy atom. The SMILES string of the molecule is C1CCOC1.[K+].c1cnc2c(c1)ccn2[B-](n1ccc2cccnc21)n1ccc2cccnc21. The van der Waals surface area contributed by atoms with Gasteiger partial charge >= 0.3 is 51.4 Å². The van der Waals surface area contributed by atoms with Gasteiger partial charge in [-0.25, -0.2) is 15.0 Å². The Labute approximate surface area is 240 Å². The summed E-state index contributed by atoms with van der Waals surface area (Å²) in [6, 6.07) is 18.4. The van der Waals surface area contributed by atoms with E-state index in [4.69, 9.17) is 4.74 Å². The van der Waals surface area contributed by atoms with E-state index in [1.807, 2.05) is 36.8 Å². The van der Waals surface area contributed by atoms with Crippen molar-refractivity contribution in [1.82, 2.24) is 28.4 Å². The fourth-order valence-electron chi connectivity index (χ4n) is 4.43. The molecule has 0 aliphatic carbocycles. The van der Waals surface area contributed by atoms with E-state index in [1.54, 1.807) is 0 Å². The molecule has 1 saturated heterocycles. The molecule has 34 heavy (non-hydrogen) atoms. The molecule has 0 amide bonds. The number of hydrogen-bond acceptors (Lipinski definition) is 4. The van der Waals surface area contributed by atoms with Crippen LogP contribution in [0.15, 0.2) is 91.8 Å². The van der Waals surface area contributed by atoms with Crippen molar-refractivity contribution < 1.29 is 56.1 Å². The molecular formula is C25H23BKN6O. The first-order valence-electron chi connectivity index (χ1n) is 11.2. The van der Waals surface area contributed by atoms with E-state index in [2.05, 4.69) is 83.4 Å². The molecule has 7 rings (SSSR count). The zero-order chi connectivity index (χ0) is 22.0. The molecule has 1 fully saturated rings. The normalized spacial score (nSPS) is 13.3. The minimum absolute atomic E-state index is 0. The van der Waals surface area contributed by atoms with Crippen molar-refractivity contribution in [2.45, 2.75) is 12.8 Å². The number of pyridine rings is 3. The Morgan fingerprint density at radius 2 is 0.971 bits per heavy atom. The van der Waals surface area contributed by atoms with Gasteiger partial charge in [0, 0.05) is 48.0 Å². The van der Waals surface area contributed by atoms with Crippen LogP contribution in [0.25, 0.3) is 33.1 Å². The van der Waals surface area contributed by atoms with Crippen LogP contribution in [-0.2, 0) is 4.74 Å². The van der Waals surface area contributed by atoms with Crippen molar-refractivity contribution in [3.8, 4) is 0 Å². The van der Waals surface area contributed by atoms with Gasteiger partial charge in [0.25, 0.3) is 0 Å². The van der Waals surface area contributed by atoms with Gasteiger partial charge in [-0.15, -0.1) is 0 Å². The maximum atomic E-state index is 4.94. The summed E-state index contributed by atoms with van der Waals surface area (Å²) in [5.74, 6) is 0. The summed E-state index contributed by atoms with van der Waals surface area (Å²) >= 11 is 0. The van der Waals surface area contributed by atoms with E-state index >= 15 is 0 Å². The Bertz CT molecular complexity index is 1350. The maximum Gasteiger partial charge on any atom is 1.00 e. The minimum Gasteiger partial charge on any atom is -0.492 e. The minimum atomic E-state index is -0.216. The smallest absolute Gasteiger partial charge is 0.492 e. The number of nitrogens with zero attached hydrogens (tertiary/aromatic N) is 6. The fraction of sp³-hybridized carbons (Fsp3) is 0.160. The topological polar surface area (TPSA) is 62.7 Å². The van der Waals surface area contributed by atoms with Gasteiger partial charge in [-0.1, -0.05) is 0 Å². The number of aromatic nitrogens is 6. The van der Waals surface area contributed by atoms with E-state index in [1.165, 1.54) is 12.8 Å². The molecular weight excluding hydrogens is 450 g/mol. The van der Waals surface area contributed by atoms with Gasteiger partial charge in [-0.2, -0.15) is 0 Å². The predicted octanol–water partition coefficient (Wildman–Crippen LogP) is 1.47. The summed E-state index contributed by atoms with van der Waals surface area (Å²) in [6.07, 6.45) is 14.3. The van der Waals surface area contributed by atoms with Crippen LogP contribution in [0.2, 0.25) is 0 Å². The van der Waals surface area contributed by atoms with Crippen LogP contribution in [0, 0.1) is 0 Å². The van der Waals surface area contributed by atoms with E-state index in [9.17, 15) is 0 Å². The van der Waals surface area contributed by atoms with E-state index < -0.39 is 0 Å². The van der Waals surface area contributed by atoms with Gasteiger partial charge in [0.2, 0.25) is 7.12 Å². The van der Waals surface area contributed by atoms with Crippen molar-refractivity contribution in [3.63, 3.8) is 0 Å². The second kappa shape index (κ2) is 10.6. The quantitative estimate of drug-likeness (QED) is 0.366. The van der Waals surface area contributed by atoms with Gasteiger partial charge in [0.15, 0.2) is 0 Å². The predicted molar refractivity (Wildman–Crippen MR) is 131 cm³/mol. The van der Waals surface area contributed by atoms with Crippen LogP contribution >= 0.6 is 0 Å². The fourth-order valence-corrected chi connectivity index (χ4v) is 4.43. The zero-order valence-electron chi connectivity index (χ0n) is 19.2. The van der Waals surface area contributed by atoms with Crippen LogP contribution in [0.5, 0.6) is 0 Å². The summed E-state index contributed by atoms with van der Waals surface area (Å²) in [5, 5.41) is 3.30. The van der Waals surface area contributed by atoms with Crippen molar-refractivity contribution in [3.05, 3.63) is 91.8 Å². The summed E-state index contributed by atoms with van der Waals surface area (Å²) in [4.78, 5) is 13.9. The summed E-state index contributed by atoms with van der Waals surface area (Å²) in [6.45, 7) is 2.00. The number of ether oxygens (including phenoxy) is 1. The summed E-state index contributed by atoms with van der Waals surface area (Å²) in [7, 11) is -0.216. The number of fused-ring (bicyclic) bond motifs is 3. The molecule has 0 saturated carbocycles. The van der Waals surface area contributed by atoms with Crippen LogP contribution in [0.1, 0.15) is 12.8 Å². The molecule has 7 heterocycles. The first kappa shape index (κ1) is 23.5. The van der Waals surface area contributed by atoms with E-state index in [0.29, 0.717) is 0 Å². The molecule has 9 heteroatoms. The van der Waals surface area contributed by atoms with Gasteiger partial charge in [-0.3, -0.25) is 0 Å². The Morgan fingerprint density at radius 3 is 1.29 bits per heavy atom. The molecule has 1 radical (unpaired) electrons. The van der Waals surface area contributed by atoms with Gasteiger partial charge in [0.1, 0.15) is 16.9 Å². The molecule has 0 spiro atoms. The summed E-state index contributed by atoms with van der Waals surface area (Å²) < 4.78 is 11.4. The molecule has 7 nitrogen and oxygen atoms in total. The molecule has 0 atom stereocenters. The van der Waals surface area contributed by atoms with Crippen LogP contribution < -0.4 is 51.4 Å². The molecule has 0 bridgehead atoms. The van der Waals surface area contributed by atoms with Crippen LogP contribution in [-0.4, -0.2) is 48.7 Å². The molecule has 0 unspecified atom stereocenters. The van der Waals surface area contributed by atoms with Crippen molar-refractivity contribution in [2.75, 3.05) is 13.2 Å².